The van der Waals surface area contributed by atoms with E-state index in [0.29, 0.717) is 5.69 Å². The zero-order valence-electron chi connectivity index (χ0n) is 10.8. The van der Waals surface area contributed by atoms with E-state index in [2.05, 4.69) is 5.32 Å². The average molecular weight is 274 g/mol. The van der Waals surface area contributed by atoms with E-state index in [1.54, 1.807) is 4.90 Å². The normalized spacial score (nSPS) is 13.8. The smallest absolute Gasteiger partial charge is 0.270 e. The van der Waals surface area contributed by atoms with Crippen LogP contribution in [0.15, 0.2) is 18.2 Å². The van der Waals surface area contributed by atoms with Gasteiger partial charge in [0.05, 0.1) is 22.7 Å². The predicted octanol–water partition coefficient (Wildman–Crippen LogP) is 1.50. The molecule has 1 heterocycles. The van der Waals surface area contributed by atoms with Crippen LogP contribution >= 0.6 is 0 Å². The summed E-state index contributed by atoms with van der Waals surface area (Å²) in [5.74, 6) is -0.0234. The molecule has 0 bridgehead atoms. The molecule has 0 saturated carbocycles. The van der Waals surface area contributed by atoms with Gasteiger partial charge in [-0.05, 0) is 18.9 Å². The number of nitrogens with one attached hydrogen (secondary N) is 1. The van der Waals surface area contributed by atoms with Crippen molar-refractivity contribution in [1.82, 2.24) is 4.90 Å². The van der Waals surface area contributed by atoms with E-state index in [1.807, 2.05) is 6.07 Å². The molecule has 1 aliphatic rings. The number of nitrogens with zero attached hydrogens (tertiary/aromatic N) is 3. The molecule has 104 valence electrons. The van der Waals surface area contributed by atoms with Gasteiger partial charge in [0.1, 0.15) is 6.07 Å². The number of nitro benzene ring substituents is 1. The molecule has 0 aliphatic carbocycles. The van der Waals surface area contributed by atoms with Crippen molar-refractivity contribution in [3.05, 3.63) is 33.9 Å². The number of nitro groups is 1. The summed E-state index contributed by atoms with van der Waals surface area (Å²) in [6, 6.07) is 5.85. The summed E-state index contributed by atoms with van der Waals surface area (Å²) in [7, 11) is 0. The highest BCUT2D eigenvalue weighted by Crippen LogP contribution is 2.21. The molecule has 2 rings (SSSR count). The molecule has 0 unspecified atom stereocenters. The summed E-state index contributed by atoms with van der Waals surface area (Å²) in [5, 5.41) is 22.5. The number of carbonyl (C=O) groups is 1. The van der Waals surface area contributed by atoms with E-state index in [4.69, 9.17) is 5.26 Å². The second kappa shape index (κ2) is 6.02. The minimum Gasteiger partial charge on any atom is -0.375 e. The van der Waals surface area contributed by atoms with Crippen LogP contribution in [-0.4, -0.2) is 35.4 Å². The Morgan fingerprint density at radius 2 is 2.15 bits per heavy atom. The molecule has 0 atom stereocenters. The Balaban J connectivity index is 2.04. The lowest BCUT2D eigenvalue weighted by Gasteiger charge is -2.16. The van der Waals surface area contributed by atoms with Crippen molar-refractivity contribution in [2.24, 2.45) is 0 Å². The largest absolute Gasteiger partial charge is 0.375 e. The van der Waals surface area contributed by atoms with E-state index in [9.17, 15) is 14.9 Å². The summed E-state index contributed by atoms with van der Waals surface area (Å²) in [6.07, 6.45) is 2.04. The Morgan fingerprint density at radius 1 is 1.45 bits per heavy atom. The topological polar surface area (TPSA) is 99.3 Å². The average Bonchev–Trinajstić information content (AvgIpc) is 2.98. The number of benzene rings is 1. The second-order valence-corrected chi connectivity index (χ2v) is 4.54. The molecule has 0 radical (unpaired) electrons. The van der Waals surface area contributed by atoms with E-state index < -0.39 is 4.92 Å². The number of amides is 1. The third kappa shape index (κ3) is 3.03. The summed E-state index contributed by atoms with van der Waals surface area (Å²) >= 11 is 0. The molecule has 1 N–H and O–H groups in total. The summed E-state index contributed by atoms with van der Waals surface area (Å²) in [4.78, 5) is 23.7. The van der Waals surface area contributed by atoms with Crippen molar-refractivity contribution in [3.63, 3.8) is 0 Å². The zero-order chi connectivity index (χ0) is 14.5. The van der Waals surface area contributed by atoms with Crippen LogP contribution in [0.5, 0.6) is 0 Å². The van der Waals surface area contributed by atoms with Crippen LogP contribution in [0, 0.1) is 21.4 Å². The third-order valence-electron chi connectivity index (χ3n) is 3.22. The van der Waals surface area contributed by atoms with Gasteiger partial charge in [-0.2, -0.15) is 5.26 Å². The standard InChI is InChI=1S/C13H14N4O3/c14-8-10-7-11(17(19)20)3-4-12(10)15-9-13(18)16-5-1-2-6-16/h3-4,7,15H,1-2,5-6,9H2. The molecular formula is C13H14N4O3. The zero-order valence-corrected chi connectivity index (χ0v) is 10.8. The number of non-ortho nitro benzene ring substituents is 1. The Labute approximate surface area is 115 Å². The van der Waals surface area contributed by atoms with Crippen molar-refractivity contribution in [3.8, 4) is 6.07 Å². The minimum absolute atomic E-state index is 0.0234. The predicted molar refractivity (Wildman–Crippen MR) is 72.1 cm³/mol. The molecule has 1 aliphatic heterocycles. The maximum absolute atomic E-state index is 11.9. The molecule has 1 saturated heterocycles. The highest BCUT2D eigenvalue weighted by atomic mass is 16.6. The summed E-state index contributed by atoms with van der Waals surface area (Å²) < 4.78 is 0. The maximum Gasteiger partial charge on any atom is 0.270 e. The number of hydrogen-bond donors (Lipinski definition) is 1. The van der Waals surface area contributed by atoms with E-state index in [1.165, 1.54) is 18.2 Å². The quantitative estimate of drug-likeness (QED) is 0.662. The van der Waals surface area contributed by atoms with Gasteiger partial charge in [0.2, 0.25) is 5.91 Å². The fourth-order valence-corrected chi connectivity index (χ4v) is 2.14. The van der Waals surface area contributed by atoms with Gasteiger partial charge in [-0.15, -0.1) is 0 Å². The first kappa shape index (κ1) is 13.8. The molecule has 1 fully saturated rings. The second-order valence-electron chi connectivity index (χ2n) is 4.54. The number of likely N-dealkylation sites (tertiary alicyclic amines) is 1. The number of anilines is 1. The van der Waals surface area contributed by atoms with Gasteiger partial charge < -0.3 is 10.2 Å². The van der Waals surface area contributed by atoms with Gasteiger partial charge in [0.25, 0.3) is 5.69 Å². The van der Waals surface area contributed by atoms with Crippen molar-refractivity contribution < 1.29 is 9.72 Å². The van der Waals surface area contributed by atoms with Crippen molar-refractivity contribution in [2.75, 3.05) is 25.0 Å². The summed E-state index contributed by atoms with van der Waals surface area (Å²) in [5.41, 5.74) is 0.456. The molecule has 1 amide bonds. The van der Waals surface area contributed by atoms with Crippen LogP contribution in [0.1, 0.15) is 18.4 Å². The molecular weight excluding hydrogens is 260 g/mol. The van der Waals surface area contributed by atoms with Crippen LogP contribution in [0.4, 0.5) is 11.4 Å². The lowest BCUT2D eigenvalue weighted by molar-refractivity contribution is -0.384. The van der Waals surface area contributed by atoms with Gasteiger partial charge in [-0.1, -0.05) is 0 Å². The molecule has 0 aromatic heterocycles. The SMILES string of the molecule is N#Cc1cc([N+](=O)[O-])ccc1NCC(=O)N1CCCC1. The highest BCUT2D eigenvalue weighted by molar-refractivity contribution is 5.81. The Hall–Kier alpha value is -2.62. The Bertz CT molecular complexity index is 573. The van der Waals surface area contributed by atoms with Crippen molar-refractivity contribution in [1.29, 1.82) is 5.26 Å². The fourth-order valence-electron chi connectivity index (χ4n) is 2.14. The van der Waals surface area contributed by atoms with Crippen molar-refractivity contribution >= 4 is 17.3 Å². The number of carbonyl (C=O) groups excluding carboxylic acids is 1. The van der Waals surface area contributed by atoms with Crippen LogP contribution < -0.4 is 5.32 Å². The van der Waals surface area contributed by atoms with E-state index >= 15 is 0 Å². The monoisotopic (exact) mass is 274 g/mol. The lowest BCUT2D eigenvalue weighted by atomic mass is 10.1. The fraction of sp³-hybridized carbons (Fsp3) is 0.385. The first-order chi connectivity index (χ1) is 9.61. The van der Waals surface area contributed by atoms with Crippen molar-refractivity contribution in [2.45, 2.75) is 12.8 Å². The van der Waals surface area contributed by atoms with Gasteiger partial charge in [0.15, 0.2) is 0 Å². The molecule has 7 nitrogen and oxygen atoms in total. The first-order valence-corrected chi connectivity index (χ1v) is 6.32. The Morgan fingerprint density at radius 3 is 2.75 bits per heavy atom. The maximum atomic E-state index is 11.9. The minimum atomic E-state index is -0.556. The van der Waals surface area contributed by atoms with Gasteiger partial charge in [-0.3, -0.25) is 14.9 Å². The molecule has 20 heavy (non-hydrogen) atoms. The summed E-state index contributed by atoms with van der Waals surface area (Å²) in [6.45, 7) is 1.63. The third-order valence-corrected chi connectivity index (χ3v) is 3.22. The van der Waals surface area contributed by atoms with Gasteiger partial charge >= 0.3 is 0 Å². The number of rotatable bonds is 4. The van der Waals surface area contributed by atoms with Crippen LogP contribution in [0.3, 0.4) is 0 Å². The molecule has 7 heteroatoms. The highest BCUT2D eigenvalue weighted by Gasteiger charge is 2.18. The molecule has 0 spiro atoms. The van der Waals surface area contributed by atoms with Crippen LogP contribution in [0.25, 0.3) is 0 Å². The van der Waals surface area contributed by atoms with Gasteiger partial charge in [0, 0.05) is 25.2 Å². The van der Waals surface area contributed by atoms with Gasteiger partial charge in [-0.25, -0.2) is 0 Å². The van der Waals surface area contributed by atoms with Crippen LogP contribution in [-0.2, 0) is 4.79 Å². The first-order valence-electron chi connectivity index (χ1n) is 6.32. The molecule has 1 aromatic rings. The van der Waals surface area contributed by atoms with E-state index in [-0.39, 0.29) is 23.7 Å². The molecule has 1 aromatic carbocycles. The van der Waals surface area contributed by atoms with E-state index in [0.717, 1.165) is 25.9 Å². The Kier molecular flexibility index (Phi) is 4.15. The lowest BCUT2D eigenvalue weighted by Crippen LogP contribution is -2.33. The van der Waals surface area contributed by atoms with Crippen LogP contribution in [0.2, 0.25) is 0 Å². The number of hydrogen-bond acceptors (Lipinski definition) is 5. The number of nitriles is 1.